The number of fused-ring (bicyclic) bond motifs is 6. The zero-order chi connectivity index (χ0) is 50.5. The molecule has 0 unspecified atom stereocenters. The second kappa shape index (κ2) is 17.9. The van der Waals surface area contributed by atoms with E-state index in [1.54, 1.807) is 6.07 Å². The predicted octanol–water partition coefficient (Wildman–Crippen LogP) is 15.4. The molecule has 0 atom stereocenters. The SMILES string of the molecule is N#Cc1ccc(-c2ccc3c(c2)c2cc(-c4ccc(C#N)cc4)ccc2n3-c2cc(C#N)cc(-n3c4ccc(-c5ccc(C#N)cc5)cc4c4cc(-c5ccc(C#N)cc5)ccc43)c2-c2cccc(C#N)c2)cc1. The van der Waals surface area contributed by atoms with E-state index in [1.807, 2.05) is 127 Å². The predicted molar refractivity (Wildman–Crippen MR) is 291 cm³/mol. The van der Waals surface area contributed by atoms with Gasteiger partial charge in [0.05, 0.1) is 103 Å². The maximum Gasteiger partial charge on any atom is 0.0993 e. The third kappa shape index (κ3) is 7.44. The maximum absolute atomic E-state index is 11.1. The number of aromatic nitrogens is 2. The molecule has 338 valence electrons. The van der Waals surface area contributed by atoms with Crippen molar-refractivity contribution in [1.29, 1.82) is 31.6 Å². The number of rotatable bonds is 7. The van der Waals surface area contributed by atoms with Gasteiger partial charge in [0.1, 0.15) is 0 Å². The molecule has 0 aliphatic rings. The van der Waals surface area contributed by atoms with E-state index in [2.05, 4.69) is 118 Å². The lowest BCUT2D eigenvalue weighted by Gasteiger charge is -2.21. The first-order valence-electron chi connectivity index (χ1n) is 23.6. The number of benzene rings is 10. The molecule has 0 amide bonds. The van der Waals surface area contributed by atoms with E-state index < -0.39 is 0 Å². The summed E-state index contributed by atoms with van der Waals surface area (Å²) >= 11 is 0. The van der Waals surface area contributed by atoms with Gasteiger partial charge in [0.25, 0.3) is 0 Å². The summed E-state index contributed by atoms with van der Waals surface area (Å²) in [4.78, 5) is 0. The van der Waals surface area contributed by atoms with Crippen molar-refractivity contribution in [3.8, 4) is 103 Å². The van der Waals surface area contributed by atoms with Gasteiger partial charge in [-0.25, -0.2) is 0 Å². The second-order valence-electron chi connectivity index (χ2n) is 18.0. The molecule has 0 spiro atoms. The van der Waals surface area contributed by atoms with Crippen LogP contribution in [-0.2, 0) is 0 Å². The van der Waals surface area contributed by atoms with Gasteiger partial charge in [-0.15, -0.1) is 0 Å². The van der Waals surface area contributed by atoms with Crippen LogP contribution >= 0.6 is 0 Å². The highest BCUT2D eigenvalue weighted by Gasteiger charge is 2.25. The molecule has 8 heteroatoms. The minimum atomic E-state index is 0.423. The summed E-state index contributed by atoms with van der Waals surface area (Å²) in [6.45, 7) is 0. The fourth-order valence-corrected chi connectivity index (χ4v) is 10.3. The van der Waals surface area contributed by atoms with Gasteiger partial charge in [-0.2, -0.15) is 31.6 Å². The van der Waals surface area contributed by atoms with E-state index in [4.69, 9.17) is 0 Å². The molecule has 74 heavy (non-hydrogen) atoms. The Labute approximate surface area is 425 Å². The standard InChI is InChI=1S/C66H34N8/c67-35-41-4-12-47(13-5-41)51-20-24-60-56(31-51)57-32-52(48-14-6-42(36-68)7-15-48)21-25-61(57)73(60)64-29-46(40-72)30-65(66(64)55-3-1-2-45(28-55)39-71)74-62-26-22-53(49-16-8-43(37-69)9-17-49)33-58(62)59-34-54(23-27-63(59)74)50-18-10-44(38-70)11-19-50/h1-34H. The average molecular weight is 939 g/mol. The first-order chi connectivity index (χ1) is 36.4. The lowest BCUT2D eigenvalue weighted by molar-refractivity contribution is 1.13. The van der Waals surface area contributed by atoms with Gasteiger partial charge < -0.3 is 9.13 Å². The van der Waals surface area contributed by atoms with Crippen LogP contribution in [0.1, 0.15) is 33.4 Å². The zero-order valence-electron chi connectivity index (χ0n) is 39.2. The highest BCUT2D eigenvalue weighted by Crippen LogP contribution is 2.45. The summed E-state index contributed by atoms with van der Waals surface area (Å²) in [5, 5.41) is 63.7. The minimum Gasteiger partial charge on any atom is -0.308 e. The zero-order valence-corrected chi connectivity index (χ0v) is 39.2. The van der Waals surface area contributed by atoms with E-state index in [0.717, 1.165) is 111 Å². The smallest absolute Gasteiger partial charge is 0.0993 e. The van der Waals surface area contributed by atoms with Gasteiger partial charge in [-0.3, -0.25) is 0 Å². The Morgan fingerprint density at radius 1 is 0.230 bits per heavy atom. The van der Waals surface area contributed by atoms with Crippen molar-refractivity contribution in [3.63, 3.8) is 0 Å². The molecule has 12 aromatic rings. The van der Waals surface area contributed by atoms with Gasteiger partial charge in [0.15, 0.2) is 0 Å². The molecule has 0 bridgehead atoms. The molecule has 2 heterocycles. The average Bonchev–Trinajstić information content (AvgIpc) is 3.98. The van der Waals surface area contributed by atoms with Gasteiger partial charge in [0, 0.05) is 27.1 Å². The molecule has 0 N–H and O–H groups in total. The van der Waals surface area contributed by atoms with Gasteiger partial charge in [0.2, 0.25) is 0 Å². The van der Waals surface area contributed by atoms with Crippen molar-refractivity contribution in [2.45, 2.75) is 0 Å². The first kappa shape index (κ1) is 44.0. The van der Waals surface area contributed by atoms with Crippen LogP contribution in [0.3, 0.4) is 0 Å². The molecule has 0 saturated heterocycles. The highest BCUT2D eigenvalue weighted by atomic mass is 15.0. The minimum absolute atomic E-state index is 0.423. The largest absolute Gasteiger partial charge is 0.308 e. The fraction of sp³-hybridized carbons (Fsp3) is 0. The van der Waals surface area contributed by atoms with Crippen LogP contribution in [-0.4, -0.2) is 9.13 Å². The van der Waals surface area contributed by atoms with Crippen LogP contribution in [0.25, 0.3) is 111 Å². The Kier molecular flexibility index (Phi) is 10.7. The molecule has 8 nitrogen and oxygen atoms in total. The molecule has 12 rings (SSSR count). The summed E-state index contributed by atoms with van der Waals surface area (Å²) in [6, 6.07) is 80.8. The van der Waals surface area contributed by atoms with Crippen LogP contribution in [0, 0.1) is 68.0 Å². The topological polar surface area (TPSA) is 153 Å². The fourth-order valence-electron chi connectivity index (χ4n) is 10.3. The van der Waals surface area contributed by atoms with Crippen molar-refractivity contribution in [2.75, 3.05) is 0 Å². The lowest BCUT2D eigenvalue weighted by Crippen LogP contribution is -2.05. The van der Waals surface area contributed by atoms with Crippen LogP contribution in [0.2, 0.25) is 0 Å². The van der Waals surface area contributed by atoms with E-state index in [1.165, 1.54) is 0 Å². The highest BCUT2D eigenvalue weighted by molar-refractivity contribution is 6.14. The van der Waals surface area contributed by atoms with E-state index in [0.29, 0.717) is 33.4 Å². The summed E-state index contributed by atoms with van der Waals surface area (Å²) in [5.74, 6) is 0. The van der Waals surface area contributed by atoms with Crippen LogP contribution in [0.15, 0.2) is 206 Å². The third-order valence-electron chi connectivity index (χ3n) is 13.9. The van der Waals surface area contributed by atoms with Gasteiger partial charge in [-0.1, -0.05) is 84.9 Å². The molecule has 0 fully saturated rings. The van der Waals surface area contributed by atoms with Crippen molar-refractivity contribution in [2.24, 2.45) is 0 Å². The Hall–Kier alpha value is -11.3. The third-order valence-corrected chi connectivity index (χ3v) is 13.9. The maximum atomic E-state index is 11.1. The van der Waals surface area contributed by atoms with Gasteiger partial charge in [-0.05, 0) is 171 Å². The Morgan fingerprint density at radius 3 is 0.797 bits per heavy atom. The quantitative estimate of drug-likeness (QED) is 0.155. The molecule has 0 aliphatic heterocycles. The van der Waals surface area contributed by atoms with Gasteiger partial charge >= 0.3 is 0 Å². The van der Waals surface area contributed by atoms with E-state index in [9.17, 15) is 31.6 Å². The second-order valence-corrected chi connectivity index (χ2v) is 18.0. The Morgan fingerprint density at radius 2 is 0.514 bits per heavy atom. The number of hydrogen-bond donors (Lipinski definition) is 0. The monoisotopic (exact) mass is 938 g/mol. The Balaban J connectivity index is 1.18. The first-order valence-corrected chi connectivity index (χ1v) is 23.6. The van der Waals surface area contributed by atoms with Crippen LogP contribution in [0.4, 0.5) is 0 Å². The molecule has 0 aliphatic carbocycles. The molecule has 10 aromatic carbocycles. The molecule has 0 radical (unpaired) electrons. The van der Waals surface area contributed by atoms with E-state index >= 15 is 0 Å². The number of nitrogens with zero attached hydrogens (tertiary/aromatic N) is 8. The van der Waals surface area contributed by atoms with Crippen molar-refractivity contribution in [1.82, 2.24) is 9.13 Å². The van der Waals surface area contributed by atoms with Crippen molar-refractivity contribution < 1.29 is 0 Å². The molecular formula is C66H34N8. The normalized spacial score (nSPS) is 10.9. The summed E-state index contributed by atoms with van der Waals surface area (Å²) in [5.41, 5.74) is 17.4. The Bertz CT molecular complexity index is 4080. The number of hydrogen-bond acceptors (Lipinski definition) is 6. The summed E-state index contributed by atoms with van der Waals surface area (Å²) in [7, 11) is 0. The summed E-state index contributed by atoms with van der Waals surface area (Å²) < 4.78 is 4.43. The summed E-state index contributed by atoms with van der Waals surface area (Å²) in [6.07, 6.45) is 0. The number of nitriles is 6. The van der Waals surface area contributed by atoms with E-state index in [-0.39, 0.29) is 0 Å². The lowest BCUT2D eigenvalue weighted by atomic mass is 9.96. The van der Waals surface area contributed by atoms with Crippen molar-refractivity contribution in [3.05, 3.63) is 240 Å². The molecule has 2 aromatic heterocycles. The van der Waals surface area contributed by atoms with Crippen molar-refractivity contribution >= 4 is 43.6 Å². The molecule has 0 saturated carbocycles. The molecular weight excluding hydrogens is 905 g/mol. The van der Waals surface area contributed by atoms with Crippen LogP contribution in [0.5, 0.6) is 0 Å². The van der Waals surface area contributed by atoms with Crippen LogP contribution < -0.4 is 0 Å².